The van der Waals surface area contributed by atoms with Gasteiger partial charge in [-0.05, 0) is 37.1 Å². The molecule has 22 heavy (non-hydrogen) atoms. The van der Waals surface area contributed by atoms with E-state index in [2.05, 4.69) is 0 Å². The van der Waals surface area contributed by atoms with Crippen molar-refractivity contribution >= 4 is 15.9 Å². The molecule has 0 N–H and O–H groups in total. The summed E-state index contributed by atoms with van der Waals surface area (Å²) in [6.45, 7) is 1.13. The average molecular weight is 326 g/mol. The van der Waals surface area contributed by atoms with Gasteiger partial charge in [0, 0.05) is 25.7 Å². The Morgan fingerprint density at radius 3 is 2.14 bits per heavy atom. The topological polar surface area (TPSA) is 66.9 Å². The number of benzene rings is 1. The van der Waals surface area contributed by atoms with Crippen LogP contribution in [0, 0.1) is 0 Å². The standard InChI is InChI=1S/C15H22N2O4S/c1-16(21-2)15(18)13-7-9-14(10-8-13)22(19,20)17-11-5-3-4-6-12-17/h7-10H,3-6,11-12H2,1-2H3. The molecule has 1 aromatic rings. The normalized spacial score (nSPS) is 17.0. The Balaban J connectivity index is 2.20. The maximum absolute atomic E-state index is 12.6. The highest BCUT2D eigenvalue weighted by Crippen LogP contribution is 2.21. The highest BCUT2D eigenvalue weighted by Gasteiger charge is 2.25. The average Bonchev–Trinajstić information content (AvgIpc) is 2.83. The molecule has 0 aliphatic carbocycles. The summed E-state index contributed by atoms with van der Waals surface area (Å²) in [6.07, 6.45) is 3.94. The lowest BCUT2D eigenvalue weighted by molar-refractivity contribution is -0.0757. The van der Waals surface area contributed by atoms with Crippen molar-refractivity contribution in [2.75, 3.05) is 27.2 Å². The molecule has 0 unspecified atom stereocenters. The van der Waals surface area contributed by atoms with Crippen molar-refractivity contribution in [3.63, 3.8) is 0 Å². The number of sulfonamides is 1. The van der Waals surface area contributed by atoms with Crippen molar-refractivity contribution < 1.29 is 18.0 Å². The van der Waals surface area contributed by atoms with Crippen LogP contribution in [0.5, 0.6) is 0 Å². The van der Waals surface area contributed by atoms with Gasteiger partial charge in [-0.15, -0.1) is 0 Å². The second kappa shape index (κ2) is 7.21. The molecule has 1 saturated heterocycles. The molecule has 0 bridgehead atoms. The summed E-state index contributed by atoms with van der Waals surface area (Å²) in [5.41, 5.74) is 0.388. The molecule has 1 fully saturated rings. The number of rotatable bonds is 4. The van der Waals surface area contributed by atoms with Crippen LogP contribution in [0.15, 0.2) is 29.2 Å². The third-order valence-electron chi connectivity index (χ3n) is 3.86. The van der Waals surface area contributed by atoms with Crippen LogP contribution in [0.2, 0.25) is 0 Å². The highest BCUT2D eigenvalue weighted by atomic mass is 32.2. The Labute approximate surface area is 131 Å². The first-order chi connectivity index (χ1) is 10.5. The maximum Gasteiger partial charge on any atom is 0.277 e. The van der Waals surface area contributed by atoms with Crippen LogP contribution in [0.25, 0.3) is 0 Å². The van der Waals surface area contributed by atoms with Gasteiger partial charge in [0.25, 0.3) is 5.91 Å². The van der Waals surface area contributed by atoms with Crippen LogP contribution in [-0.4, -0.2) is 50.9 Å². The summed E-state index contributed by atoms with van der Waals surface area (Å²) in [7, 11) is -0.573. The first-order valence-corrected chi connectivity index (χ1v) is 8.83. The first-order valence-electron chi connectivity index (χ1n) is 7.39. The SMILES string of the molecule is CON(C)C(=O)c1ccc(S(=O)(=O)N2CCCCCC2)cc1. The zero-order valence-corrected chi connectivity index (χ0v) is 13.8. The number of hydroxylamine groups is 2. The Hall–Kier alpha value is -1.44. The lowest BCUT2D eigenvalue weighted by atomic mass is 10.2. The van der Waals surface area contributed by atoms with E-state index in [1.807, 2.05) is 0 Å². The van der Waals surface area contributed by atoms with Crippen LogP contribution in [-0.2, 0) is 14.9 Å². The van der Waals surface area contributed by atoms with Gasteiger partial charge < -0.3 is 0 Å². The van der Waals surface area contributed by atoms with E-state index in [4.69, 9.17) is 4.84 Å². The van der Waals surface area contributed by atoms with E-state index in [1.165, 1.54) is 42.7 Å². The van der Waals surface area contributed by atoms with Gasteiger partial charge in [-0.2, -0.15) is 4.31 Å². The Morgan fingerprint density at radius 1 is 1.09 bits per heavy atom. The Bertz CT molecular complexity index is 605. The molecule has 1 aliphatic heterocycles. The largest absolute Gasteiger partial charge is 0.277 e. The first kappa shape index (κ1) is 16.9. The molecule has 0 radical (unpaired) electrons. The van der Waals surface area contributed by atoms with Crippen LogP contribution in [0.1, 0.15) is 36.0 Å². The summed E-state index contributed by atoms with van der Waals surface area (Å²) in [5, 5.41) is 1.10. The molecule has 1 aliphatic rings. The summed E-state index contributed by atoms with van der Waals surface area (Å²) < 4.78 is 26.8. The van der Waals surface area contributed by atoms with Gasteiger partial charge in [-0.1, -0.05) is 12.8 Å². The number of amides is 1. The fraction of sp³-hybridized carbons (Fsp3) is 0.533. The van der Waals surface area contributed by atoms with Gasteiger partial charge in [0.15, 0.2) is 0 Å². The fourth-order valence-electron chi connectivity index (χ4n) is 2.47. The van der Waals surface area contributed by atoms with Crippen LogP contribution >= 0.6 is 0 Å². The van der Waals surface area contributed by atoms with E-state index in [9.17, 15) is 13.2 Å². The minimum Gasteiger partial charge on any atom is -0.274 e. The summed E-state index contributed by atoms with van der Waals surface area (Å²) >= 11 is 0. The number of carbonyl (C=O) groups is 1. The Morgan fingerprint density at radius 2 is 1.64 bits per heavy atom. The predicted molar refractivity (Wildman–Crippen MR) is 82.8 cm³/mol. The van der Waals surface area contributed by atoms with Crippen molar-refractivity contribution in [1.82, 2.24) is 9.37 Å². The second-order valence-corrected chi connectivity index (χ2v) is 7.27. The third-order valence-corrected chi connectivity index (χ3v) is 5.78. The van der Waals surface area contributed by atoms with Crippen molar-refractivity contribution in [2.45, 2.75) is 30.6 Å². The zero-order valence-electron chi connectivity index (χ0n) is 13.0. The number of carbonyl (C=O) groups excluding carboxylic acids is 1. The van der Waals surface area contributed by atoms with Gasteiger partial charge in [0.05, 0.1) is 12.0 Å². The van der Waals surface area contributed by atoms with Gasteiger partial charge in [-0.3, -0.25) is 9.63 Å². The smallest absolute Gasteiger partial charge is 0.274 e. The predicted octanol–water partition coefficient (Wildman–Crippen LogP) is 1.88. The van der Waals surface area contributed by atoms with E-state index in [1.54, 1.807) is 0 Å². The third kappa shape index (κ3) is 3.66. The lowest BCUT2D eigenvalue weighted by Crippen LogP contribution is -2.32. The molecule has 122 valence electrons. The molecular weight excluding hydrogens is 304 g/mol. The van der Waals surface area contributed by atoms with Crippen molar-refractivity contribution in [3.05, 3.63) is 29.8 Å². The quantitative estimate of drug-likeness (QED) is 0.793. The van der Waals surface area contributed by atoms with E-state index in [0.717, 1.165) is 30.7 Å². The van der Waals surface area contributed by atoms with Crippen molar-refractivity contribution in [3.8, 4) is 0 Å². The highest BCUT2D eigenvalue weighted by molar-refractivity contribution is 7.89. The zero-order chi connectivity index (χ0) is 16.2. The number of hydrogen-bond donors (Lipinski definition) is 0. The second-order valence-electron chi connectivity index (χ2n) is 5.33. The van der Waals surface area contributed by atoms with Crippen molar-refractivity contribution in [1.29, 1.82) is 0 Å². The molecular formula is C15H22N2O4S. The van der Waals surface area contributed by atoms with E-state index >= 15 is 0 Å². The lowest BCUT2D eigenvalue weighted by Gasteiger charge is -2.20. The monoisotopic (exact) mass is 326 g/mol. The molecule has 1 amide bonds. The molecule has 0 atom stereocenters. The van der Waals surface area contributed by atoms with E-state index in [-0.39, 0.29) is 10.8 Å². The van der Waals surface area contributed by atoms with Gasteiger partial charge in [-0.25, -0.2) is 13.5 Å². The van der Waals surface area contributed by atoms with E-state index < -0.39 is 10.0 Å². The van der Waals surface area contributed by atoms with Crippen LogP contribution < -0.4 is 0 Å². The molecule has 7 heteroatoms. The van der Waals surface area contributed by atoms with Gasteiger partial charge in [0.2, 0.25) is 10.0 Å². The number of nitrogens with zero attached hydrogens (tertiary/aromatic N) is 2. The molecule has 0 spiro atoms. The molecule has 2 rings (SSSR count). The summed E-state index contributed by atoms with van der Waals surface area (Å²) in [5.74, 6) is -0.318. The van der Waals surface area contributed by atoms with Gasteiger partial charge >= 0.3 is 0 Å². The van der Waals surface area contributed by atoms with E-state index in [0.29, 0.717) is 18.7 Å². The molecule has 1 heterocycles. The van der Waals surface area contributed by atoms with Crippen LogP contribution in [0.4, 0.5) is 0 Å². The van der Waals surface area contributed by atoms with Crippen molar-refractivity contribution in [2.24, 2.45) is 0 Å². The molecule has 1 aromatic carbocycles. The minimum atomic E-state index is -3.48. The van der Waals surface area contributed by atoms with Crippen LogP contribution in [0.3, 0.4) is 0 Å². The maximum atomic E-state index is 12.6. The Kier molecular flexibility index (Phi) is 5.55. The molecule has 0 aromatic heterocycles. The summed E-state index contributed by atoms with van der Waals surface area (Å²) in [4.78, 5) is 17.0. The molecule has 6 nitrogen and oxygen atoms in total. The fourth-order valence-corrected chi connectivity index (χ4v) is 3.98. The number of hydrogen-bond acceptors (Lipinski definition) is 4. The minimum absolute atomic E-state index is 0.228. The van der Waals surface area contributed by atoms with Gasteiger partial charge in [0.1, 0.15) is 0 Å². The molecule has 0 saturated carbocycles. The summed E-state index contributed by atoms with van der Waals surface area (Å²) in [6, 6.07) is 6.00.